The molecule has 17 nitrogen and oxygen atoms in total. The van der Waals surface area contributed by atoms with E-state index >= 15 is 0 Å². The third-order valence-corrected chi connectivity index (χ3v) is 11.3. The Balaban J connectivity index is 2.69. The summed E-state index contributed by atoms with van der Waals surface area (Å²) in [5.74, 6) is -1.34. The predicted octanol–water partition coefficient (Wildman–Crippen LogP) is 7.03. The van der Waals surface area contributed by atoms with Gasteiger partial charge in [-0.3, -0.25) is 23.2 Å². The number of carbonyl (C=O) groups is 2. The van der Waals surface area contributed by atoms with Gasteiger partial charge in [0.15, 0.2) is 6.10 Å². The molecule has 64 heavy (non-hydrogen) atoms. The SMILES string of the molecule is CCC/C=C\C/C=C\CCCCCCCC(=O)O[C@H](COC(=O)CCC/C=C/C/C=C\C[C@H](O)/C=C\C=C/CCCCC)COP(=O)(O)O[C@H]1C(O)C(O)C(O)[C@@H](OP(=O)(O)O)C1O. The van der Waals surface area contributed by atoms with Gasteiger partial charge in [0.1, 0.15) is 43.2 Å². The molecule has 368 valence electrons. The van der Waals surface area contributed by atoms with Crippen LogP contribution in [0, 0.1) is 0 Å². The average Bonchev–Trinajstić information content (AvgIpc) is 3.24. The van der Waals surface area contributed by atoms with Crippen LogP contribution in [-0.4, -0.2) is 114 Å². The van der Waals surface area contributed by atoms with Crippen molar-refractivity contribution in [3.63, 3.8) is 0 Å². The summed E-state index contributed by atoms with van der Waals surface area (Å²) in [7, 11) is -10.7. The fourth-order valence-electron chi connectivity index (χ4n) is 6.25. The van der Waals surface area contributed by atoms with E-state index in [4.69, 9.17) is 28.3 Å². The van der Waals surface area contributed by atoms with Gasteiger partial charge in [-0.05, 0) is 70.6 Å². The molecule has 0 radical (unpaired) electrons. The van der Waals surface area contributed by atoms with Crippen molar-refractivity contribution in [3.8, 4) is 0 Å². The van der Waals surface area contributed by atoms with Crippen molar-refractivity contribution in [2.75, 3.05) is 13.2 Å². The molecule has 0 heterocycles. The second kappa shape index (κ2) is 35.6. The molecule has 9 atom stereocenters. The molecule has 8 N–H and O–H groups in total. The first-order valence-corrected chi connectivity index (χ1v) is 25.6. The standard InChI is InChI=1S/C45H76O17P2/c1-3-5-7-9-11-12-13-14-15-16-20-25-29-33-39(48)60-37(35-59-64(56,57)62-45-42(51)40(49)41(50)44(43(45)52)61-63(53,54)55)34-58-38(47)32-28-24-21-17-19-23-27-31-36(46)30-26-22-18-10-8-6-4-2/h7,9,12-13,17-18,21-23,26-27,30,36-37,40-46,49-52H,3-6,8,10-11,14-16,19-20,24-25,28-29,31-35H2,1-2H3,(H,56,57)(H2,53,54,55)/b9-7-,13-12-,21-17+,22-18-,27-23-,30-26-/t36-,37-,40?,41?,42?,43?,44-,45+/m1/s1. The van der Waals surface area contributed by atoms with Crippen molar-refractivity contribution >= 4 is 27.6 Å². The molecule has 0 aromatic heterocycles. The van der Waals surface area contributed by atoms with Crippen molar-refractivity contribution in [2.24, 2.45) is 0 Å². The molecule has 0 aliphatic heterocycles. The number of unbranched alkanes of at least 4 members (excludes halogenated alkanes) is 10. The Morgan fingerprint density at radius 1 is 0.578 bits per heavy atom. The Morgan fingerprint density at radius 2 is 1.14 bits per heavy atom. The van der Waals surface area contributed by atoms with E-state index < -0.39 is 89.6 Å². The summed E-state index contributed by atoms with van der Waals surface area (Å²) in [5.41, 5.74) is 0. The van der Waals surface area contributed by atoms with E-state index in [-0.39, 0.29) is 12.8 Å². The van der Waals surface area contributed by atoms with E-state index in [1.54, 1.807) is 6.08 Å². The Bertz CT molecular complexity index is 1540. The van der Waals surface area contributed by atoms with Crippen LogP contribution in [-0.2, 0) is 41.8 Å². The van der Waals surface area contributed by atoms with E-state index in [1.165, 1.54) is 12.8 Å². The molecule has 1 rings (SSSR count). The van der Waals surface area contributed by atoms with Crippen LogP contribution in [0.15, 0.2) is 72.9 Å². The Hall–Kier alpha value is -2.60. The van der Waals surface area contributed by atoms with Gasteiger partial charge in [0, 0.05) is 12.8 Å². The van der Waals surface area contributed by atoms with Crippen LogP contribution >= 0.6 is 15.6 Å². The number of esters is 2. The van der Waals surface area contributed by atoms with E-state index in [0.29, 0.717) is 32.1 Å². The summed E-state index contributed by atoms with van der Waals surface area (Å²) in [6, 6.07) is 0. The number of ether oxygens (including phenoxy) is 2. The van der Waals surface area contributed by atoms with E-state index in [2.05, 4.69) is 48.8 Å². The first-order valence-electron chi connectivity index (χ1n) is 22.6. The zero-order valence-electron chi connectivity index (χ0n) is 37.5. The fourth-order valence-corrected chi connectivity index (χ4v) is 7.79. The van der Waals surface area contributed by atoms with Gasteiger partial charge < -0.3 is 49.7 Å². The van der Waals surface area contributed by atoms with Gasteiger partial charge >= 0.3 is 27.6 Å². The number of aliphatic hydroxyl groups excluding tert-OH is 5. The third-order valence-electron chi connectivity index (χ3n) is 9.81. The maximum Gasteiger partial charge on any atom is 0.472 e. The van der Waals surface area contributed by atoms with Crippen LogP contribution in [0.4, 0.5) is 0 Å². The van der Waals surface area contributed by atoms with Crippen molar-refractivity contribution in [1.82, 2.24) is 0 Å². The summed E-state index contributed by atoms with van der Waals surface area (Å²) in [6.45, 7) is 2.86. The van der Waals surface area contributed by atoms with Gasteiger partial charge in [0.2, 0.25) is 0 Å². The summed E-state index contributed by atoms with van der Waals surface area (Å²) in [6.07, 6.45) is 23.2. The largest absolute Gasteiger partial charge is 0.472 e. The minimum absolute atomic E-state index is 0.000628. The number of rotatable bonds is 36. The highest BCUT2D eigenvalue weighted by molar-refractivity contribution is 7.47. The average molecular weight is 951 g/mol. The number of hydrogen-bond acceptors (Lipinski definition) is 14. The van der Waals surface area contributed by atoms with Gasteiger partial charge in [-0.1, -0.05) is 125 Å². The van der Waals surface area contributed by atoms with Crippen LogP contribution < -0.4 is 0 Å². The zero-order chi connectivity index (χ0) is 47.6. The van der Waals surface area contributed by atoms with E-state index in [0.717, 1.165) is 64.2 Å². The summed E-state index contributed by atoms with van der Waals surface area (Å²) in [5, 5.41) is 51.3. The minimum Gasteiger partial charge on any atom is -0.462 e. The minimum atomic E-state index is -5.38. The molecule has 1 saturated carbocycles. The molecule has 0 aromatic rings. The first kappa shape index (κ1) is 59.4. The summed E-state index contributed by atoms with van der Waals surface area (Å²) < 4.78 is 49.2. The lowest BCUT2D eigenvalue weighted by molar-refractivity contribution is -0.216. The molecular formula is C45H76O17P2. The molecule has 1 aliphatic rings. The van der Waals surface area contributed by atoms with Crippen molar-refractivity contribution in [1.29, 1.82) is 0 Å². The van der Waals surface area contributed by atoms with Crippen LogP contribution in [0.3, 0.4) is 0 Å². The van der Waals surface area contributed by atoms with E-state index in [1.807, 2.05) is 36.5 Å². The molecule has 0 saturated heterocycles. The molecule has 5 unspecified atom stereocenters. The van der Waals surface area contributed by atoms with Gasteiger partial charge in [-0.25, -0.2) is 9.13 Å². The fraction of sp³-hybridized carbons (Fsp3) is 0.689. The monoisotopic (exact) mass is 950 g/mol. The van der Waals surface area contributed by atoms with Gasteiger partial charge in [-0.15, -0.1) is 0 Å². The maximum atomic E-state index is 13.0. The molecule has 0 aromatic carbocycles. The van der Waals surface area contributed by atoms with Gasteiger partial charge in [0.25, 0.3) is 0 Å². The molecular weight excluding hydrogens is 874 g/mol. The van der Waals surface area contributed by atoms with Crippen molar-refractivity contribution in [2.45, 2.75) is 185 Å². The van der Waals surface area contributed by atoms with Gasteiger partial charge in [-0.2, -0.15) is 0 Å². The highest BCUT2D eigenvalue weighted by Crippen LogP contribution is 2.49. The Labute approximate surface area is 379 Å². The second-order valence-corrected chi connectivity index (χ2v) is 18.2. The number of carbonyl (C=O) groups excluding carboxylic acids is 2. The molecule has 1 fully saturated rings. The van der Waals surface area contributed by atoms with Crippen LogP contribution in [0.2, 0.25) is 0 Å². The van der Waals surface area contributed by atoms with Crippen LogP contribution in [0.5, 0.6) is 0 Å². The number of phosphoric ester groups is 2. The smallest absolute Gasteiger partial charge is 0.462 e. The molecule has 0 bridgehead atoms. The molecule has 0 spiro atoms. The van der Waals surface area contributed by atoms with E-state index in [9.17, 15) is 49.1 Å². The van der Waals surface area contributed by atoms with Crippen molar-refractivity contribution < 1.29 is 82.0 Å². The number of aliphatic hydroxyl groups is 5. The predicted molar refractivity (Wildman–Crippen MR) is 242 cm³/mol. The topological polar surface area (TPSA) is 276 Å². The zero-order valence-corrected chi connectivity index (χ0v) is 39.3. The summed E-state index contributed by atoms with van der Waals surface area (Å²) >= 11 is 0. The quantitative estimate of drug-likeness (QED) is 0.0103. The number of hydrogen-bond donors (Lipinski definition) is 8. The second-order valence-electron chi connectivity index (χ2n) is 15.6. The Morgan fingerprint density at radius 3 is 1.80 bits per heavy atom. The number of phosphoric acid groups is 2. The van der Waals surface area contributed by atoms with Gasteiger partial charge in [0.05, 0.1) is 12.7 Å². The highest BCUT2D eigenvalue weighted by Gasteiger charge is 2.54. The maximum absolute atomic E-state index is 13.0. The first-order chi connectivity index (χ1) is 30.5. The lowest BCUT2D eigenvalue weighted by Crippen LogP contribution is -2.64. The summed E-state index contributed by atoms with van der Waals surface area (Å²) in [4.78, 5) is 54.1. The normalized spacial score (nSPS) is 23.0. The molecule has 1 aliphatic carbocycles. The Kier molecular flexibility index (Phi) is 33.0. The van der Waals surface area contributed by atoms with Crippen LogP contribution in [0.1, 0.15) is 136 Å². The lowest BCUT2D eigenvalue weighted by atomic mass is 9.85. The lowest BCUT2D eigenvalue weighted by Gasteiger charge is -2.43. The highest BCUT2D eigenvalue weighted by atomic mass is 31.2. The third kappa shape index (κ3) is 29.8. The molecule has 19 heteroatoms. The van der Waals surface area contributed by atoms with Crippen molar-refractivity contribution in [3.05, 3.63) is 72.9 Å². The number of allylic oxidation sites excluding steroid dienone is 10. The molecule has 0 amide bonds. The van der Waals surface area contributed by atoms with Crippen LogP contribution in [0.25, 0.3) is 0 Å².